The van der Waals surface area contributed by atoms with E-state index < -0.39 is 4.92 Å². The molecule has 0 atom stereocenters. The molecule has 0 radical (unpaired) electrons. The molecule has 1 aliphatic heterocycles. The van der Waals surface area contributed by atoms with Gasteiger partial charge in [-0.15, -0.1) is 0 Å². The van der Waals surface area contributed by atoms with Gasteiger partial charge in [-0.2, -0.15) is 0 Å². The van der Waals surface area contributed by atoms with Gasteiger partial charge in [0, 0.05) is 63.7 Å². The summed E-state index contributed by atoms with van der Waals surface area (Å²) in [5, 5.41) is 17.2. The molecule has 1 heterocycles. The largest absolute Gasteiger partial charge is 0.383 e. The summed E-state index contributed by atoms with van der Waals surface area (Å²) in [6.07, 6.45) is 1.86. The van der Waals surface area contributed by atoms with Crippen molar-refractivity contribution < 1.29 is 14.5 Å². The molecule has 0 bridgehead atoms. The number of benzene rings is 2. The van der Waals surface area contributed by atoms with Gasteiger partial charge in [0.2, 0.25) is 0 Å². The number of para-hydroxylation sites is 1. The van der Waals surface area contributed by atoms with Crippen LogP contribution in [0, 0.1) is 10.1 Å². The fourth-order valence-corrected chi connectivity index (χ4v) is 3.89. The monoisotopic (exact) mass is 455 g/mol. The summed E-state index contributed by atoms with van der Waals surface area (Å²) < 4.78 is 4.95. The zero-order valence-electron chi connectivity index (χ0n) is 19.2. The highest BCUT2D eigenvalue weighted by molar-refractivity contribution is 5.95. The second kappa shape index (κ2) is 12.8. The topological polar surface area (TPSA) is 100.0 Å². The molecule has 0 aromatic heterocycles. The van der Waals surface area contributed by atoms with E-state index in [0.717, 1.165) is 45.6 Å². The van der Waals surface area contributed by atoms with Crippen molar-refractivity contribution in [2.75, 3.05) is 69.7 Å². The minimum absolute atomic E-state index is 0.117. The number of anilines is 2. The van der Waals surface area contributed by atoms with Crippen LogP contribution in [0.25, 0.3) is 0 Å². The number of nitrogens with one attached hydrogen (secondary N) is 2. The molecular weight excluding hydrogens is 422 g/mol. The van der Waals surface area contributed by atoms with E-state index in [0.29, 0.717) is 25.4 Å². The van der Waals surface area contributed by atoms with Crippen LogP contribution in [-0.4, -0.2) is 75.3 Å². The zero-order valence-corrected chi connectivity index (χ0v) is 19.2. The first-order valence-corrected chi connectivity index (χ1v) is 11.4. The van der Waals surface area contributed by atoms with Gasteiger partial charge in [-0.05, 0) is 43.7 Å². The SMILES string of the molecule is COCCNc1ccc(C(=O)NCCCCN2CCN(c3ccccc3)CC2)cc1[N+](=O)[O-]. The average molecular weight is 456 g/mol. The third-order valence-corrected chi connectivity index (χ3v) is 5.76. The number of unbranched alkanes of at least 4 members (excludes halogenated alkanes) is 1. The van der Waals surface area contributed by atoms with E-state index in [-0.39, 0.29) is 17.2 Å². The molecule has 0 spiro atoms. The first-order valence-electron chi connectivity index (χ1n) is 11.4. The molecule has 9 nitrogen and oxygen atoms in total. The van der Waals surface area contributed by atoms with Gasteiger partial charge >= 0.3 is 0 Å². The molecular formula is C24H33N5O4. The van der Waals surface area contributed by atoms with Crippen molar-refractivity contribution in [2.45, 2.75) is 12.8 Å². The fraction of sp³-hybridized carbons (Fsp3) is 0.458. The van der Waals surface area contributed by atoms with Crippen LogP contribution >= 0.6 is 0 Å². The van der Waals surface area contributed by atoms with Gasteiger partial charge in [0.1, 0.15) is 5.69 Å². The Kier molecular flexibility index (Phi) is 9.46. The molecule has 0 aliphatic carbocycles. The third kappa shape index (κ3) is 7.44. The fourth-order valence-electron chi connectivity index (χ4n) is 3.89. The van der Waals surface area contributed by atoms with Gasteiger partial charge in [0.05, 0.1) is 11.5 Å². The lowest BCUT2D eigenvalue weighted by atomic mass is 10.1. The minimum atomic E-state index is -0.483. The molecule has 9 heteroatoms. The lowest BCUT2D eigenvalue weighted by molar-refractivity contribution is -0.384. The highest BCUT2D eigenvalue weighted by atomic mass is 16.6. The standard InChI is InChI=1S/C24H33N5O4/c1-33-18-12-25-22-10-9-20(19-23(22)29(31)32)24(30)26-11-5-6-13-27-14-16-28(17-15-27)21-7-3-2-4-8-21/h2-4,7-10,19,25H,5-6,11-18H2,1H3,(H,26,30). The second-order valence-corrected chi connectivity index (χ2v) is 8.04. The molecule has 1 fully saturated rings. The summed E-state index contributed by atoms with van der Waals surface area (Å²) >= 11 is 0. The Labute approximate surface area is 194 Å². The molecule has 33 heavy (non-hydrogen) atoms. The number of nitro benzene ring substituents is 1. The number of hydrogen-bond donors (Lipinski definition) is 2. The van der Waals surface area contributed by atoms with Crippen molar-refractivity contribution in [2.24, 2.45) is 0 Å². The Bertz CT molecular complexity index is 901. The molecule has 1 aliphatic rings. The van der Waals surface area contributed by atoms with Crippen LogP contribution in [0.1, 0.15) is 23.2 Å². The van der Waals surface area contributed by atoms with Crippen LogP contribution in [0.3, 0.4) is 0 Å². The number of piperazine rings is 1. The first kappa shape index (κ1) is 24.5. The van der Waals surface area contributed by atoms with Gasteiger partial charge in [-0.25, -0.2) is 0 Å². The summed E-state index contributed by atoms with van der Waals surface area (Å²) in [6.45, 7) is 6.56. The summed E-state index contributed by atoms with van der Waals surface area (Å²) in [5.74, 6) is -0.294. The summed E-state index contributed by atoms with van der Waals surface area (Å²) in [6, 6.07) is 15.0. The molecule has 3 rings (SSSR count). The number of carbonyl (C=O) groups is 1. The lowest BCUT2D eigenvalue weighted by Crippen LogP contribution is -2.46. The van der Waals surface area contributed by atoms with Crippen molar-refractivity contribution in [3.05, 3.63) is 64.2 Å². The van der Waals surface area contributed by atoms with Crippen molar-refractivity contribution in [1.29, 1.82) is 0 Å². The predicted octanol–water partition coefficient (Wildman–Crippen LogP) is 2.99. The molecule has 178 valence electrons. The van der Waals surface area contributed by atoms with Crippen molar-refractivity contribution in [1.82, 2.24) is 10.2 Å². The lowest BCUT2D eigenvalue weighted by Gasteiger charge is -2.36. The first-order chi connectivity index (χ1) is 16.1. The van der Waals surface area contributed by atoms with Crippen LogP contribution in [0.2, 0.25) is 0 Å². The van der Waals surface area contributed by atoms with E-state index in [9.17, 15) is 14.9 Å². The molecule has 2 aromatic rings. The molecule has 2 aromatic carbocycles. The molecule has 2 N–H and O–H groups in total. The highest BCUT2D eigenvalue weighted by Crippen LogP contribution is 2.25. The van der Waals surface area contributed by atoms with E-state index in [1.54, 1.807) is 19.2 Å². The van der Waals surface area contributed by atoms with Crippen LogP contribution in [0.5, 0.6) is 0 Å². The van der Waals surface area contributed by atoms with Gasteiger partial charge in [0.25, 0.3) is 11.6 Å². The van der Waals surface area contributed by atoms with Crippen molar-refractivity contribution >= 4 is 23.0 Å². The summed E-state index contributed by atoms with van der Waals surface area (Å²) in [7, 11) is 1.56. The number of nitro groups is 1. The molecule has 1 saturated heterocycles. The highest BCUT2D eigenvalue weighted by Gasteiger charge is 2.18. The number of nitrogens with zero attached hydrogens (tertiary/aromatic N) is 3. The Hall–Kier alpha value is -3.17. The quantitative estimate of drug-likeness (QED) is 0.288. The van der Waals surface area contributed by atoms with E-state index in [2.05, 4.69) is 44.7 Å². The number of amides is 1. The maximum atomic E-state index is 12.4. The van der Waals surface area contributed by atoms with Crippen LogP contribution in [0.15, 0.2) is 48.5 Å². The van der Waals surface area contributed by atoms with E-state index in [4.69, 9.17) is 4.74 Å². The van der Waals surface area contributed by atoms with E-state index >= 15 is 0 Å². The average Bonchev–Trinajstić information content (AvgIpc) is 2.85. The number of carbonyl (C=O) groups excluding carboxylic acids is 1. The van der Waals surface area contributed by atoms with E-state index in [1.807, 2.05) is 6.07 Å². The Morgan fingerprint density at radius 1 is 1.06 bits per heavy atom. The zero-order chi connectivity index (χ0) is 23.5. The second-order valence-electron chi connectivity index (χ2n) is 8.04. The predicted molar refractivity (Wildman–Crippen MR) is 130 cm³/mol. The summed E-state index contributed by atoms with van der Waals surface area (Å²) in [5.41, 5.74) is 1.82. The normalized spacial score (nSPS) is 14.2. The van der Waals surface area contributed by atoms with Gasteiger partial charge in [-0.3, -0.25) is 19.8 Å². The van der Waals surface area contributed by atoms with E-state index in [1.165, 1.54) is 11.8 Å². The third-order valence-electron chi connectivity index (χ3n) is 5.76. The molecule has 0 saturated carbocycles. The number of methoxy groups -OCH3 is 1. The van der Waals surface area contributed by atoms with Crippen molar-refractivity contribution in [3.8, 4) is 0 Å². The molecule has 1 amide bonds. The number of hydrogen-bond acceptors (Lipinski definition) is 7. The maximum absolute atomic E-state index is 12.4. The minimum Gasteiger partial charge on any atom is -0.383 e. The van der Waals surface area contributed by atoms with Crippen LogP contribution in [0.4, 0.5) is 17.1 Å². The van der Waals surface area contributed by atoms with Gasteiger partial charge in [-0.1, -0.05) is 18.2 Å². The van der Waals surface area contributed by atoms with Gasteiger partial charge < -0.3 is 20.3 Å². The number of rotatable bonds is 12. The molecule has 0 unspecified atom stereocenters. The van der Waals surface area contributed by atoms with Crippen LogP contribution < -0.4 is 15.5 Å². The Morgan fingerprint density at radius 3 is 2.52 bits per heavy atom. The Morgan fingerprint density at radius 2 is 1.82 bits per heavy atom. The van der Waals surface area contributed by atoms with Crippen molar-refractivity contribution in [3.63, 3.8) is 0 Å². The summed E-state index contributed by atoms with van der Waals surface area (Å²) in [4.78, 5) is 28.2. The smallest absolute Gasteiger partial charge is 0.293 e. The number of ether oxygens (including phenoxy) is 1. The van der Waals surface area contributed by atoms with Crippen LogP contribution in [-0.2, 0) is 4.74 Å². The Balaban J connectivity index is 1.36. The maximum Gasteiger partial charge on any atom is 0.293 e. The van der Waals surface area contributed by atoms with Gasteiger partial charge in [0.15, 0.2) is 0 Å².